The first-order valence-electron chi connectivity index (χ1n) is 9.13. The largest absolute Gasteiger partial charge is 0.465 e. The summed E-state index contributed by atoms with van der Waals surface area (Å²) < 4.78 is 23.3. The van der Waals surface area contributed by atoms with E-state index >= 15 is 0 Å². The minimum Gasteiger partial charge on any atom is -0.465 e. The summed E-state index contributed by atoms with van der Waals surface area (Å²) in [6, 6.07) is 0. The molecule has 7 heteroatoms. The highest BCUT2D eigenvalue weighted by Crippen LogP contribution is 2.72. The van der Waals surface area contributed by atoms with Crippen molar-refractivity contribution in [3.63, 3.8) is 0 Å². The molecule has 2 heterocycles. The van der Waals surface area contributed by atoms with Gasteiger partial charge in [0.15, 0.2) is 0 Å². The van der Waals surface area contributed by atoms with Crippen LogP contribution in [0.4, 0.5) is 0 Å². The molecule has 1 unspecified atom stereocenters. The van der Waals surface area contributed by atoms with Crippen molar-refractivity contribution in [2.45, 2.75) is 70.6 Å². The second-order valence-electron chi connectivity index (χ2n) is 8.33. The number of allylic oxidation sites excluding steroid dienone is 1. The highest BCUT2D eigenvalue weighted by atomic mass is 16.7. The van der Waals surface area contributed by atoms with Crippen LogP contribution in [0.3, 0.4) is 0 Å². The number of epoxide rings is 1. The Balaban J connectivity index is 1.86. The van der Waals surface area contributed by atoms with Gasteiger partial charge in [0.25, 0.3) is 0 Å². The van der Waals surface area contributed by atoms with Crippen LogP contribution in [0.1, 0.15) is 40.5 Å². The number of esters is 2. The van der Waals surface area contributed by atoms with Gasteiger partial charge in [-0.1, -0.05) is 18.6 Å². The molecule has 0 amide bonds. The predicted octanol–water partition coefficient (Wildman–Crippen LogP) is 1.12. The Morgan fingerprint density at radius 3 is 2.62 bits per heavy atom. The molecule has 4 rings (SSSR count). The van der Waals surface area contributed by atoms with E-state index in [0.717, 1.165) is 6.42 Å². The maximum absolute atomic E-state index is 11.8. The summed E-state index contributed by atoms with van der Waals surface area (Å²) in [5.41, 5.74) is -0.890. The van der Waals surface area contributed by atoms with E-state index in [4.69, 9.17) is 18.9 Å². The highest BCUT2D eigenvalue weighted by molar-refractivity contribution is 5.67. The van der Waals surface area contributed by atoms with Crippen LogP contribution in [0.5, 0.6) is 0 Å². The van der Waals surface area contributed by atoms with Crippen LogP contribution >= 0.6 is 0 Å². The normalized spacial score (nSPS) is 48.6. The van der Waals surface area contributed by atoms with E-state index in [0.29, 0.717) is 13.0 Å². The number of hydrogen-bond donors (Lipinski definition) is 1. The zero-order chi connectivity index (χ0) is 18.9. The van der Waals surface area contributed by atoms with E-state index in [-0.39, 0.29) is 18.7 Å². The van der Waals surface area contributed by atoms with Gasteiger partial charge in [-0.15, -0.1) is 0 Å². The van der Waals surface area contributed by atoms with Crippen molar-refractivity contribution in [2.75, 3.05) is 13.2 Å². The van der Waals surface area contributed by atoms with Gasteiger partial charge in [-0.3, -0.25) is 9.59 Å². The Labute approximate surface area is 152 Å². The molecule has 7 nitrogen and oxygen atoms in total. The van der Waals surface area contributed by atoms with E-state index in [2.05, 4.69) is 6.08 Å². The topological polar surface area (TPSA) is 94.6 Å². The van der Waals surface area contributed by atoms with Crippen molar-refractivity contribution in [3.8, 4) is 0 Å². The van der Waals surface area contributed by atoms with Gasteiger partial charge in [-0.25, -0.2) is 0 Å². The monoisotopic (exact) mass is 366 g/mol. The lowest BCUT2D eigenvalue weighted by Crippen LogP contribution is -2.66. The average molecular weight is 366 g/mol. The molecule has 26 heavy (non-hydrogen) atoms. The Kier molecular flexibility index (Phi) is 3.82. The Morgan fingerprint density at radius 2 is 2.04 bits per heavy atom. The molecular weight excluding hydrogens is 340 g/mol. The van der Waals surface area contributed by atoms with Gasteiger partial charge in [0.1, 0.15) is 30.5 Å². The lowest BCUT2D eigenvalue weighted by molar-refractivity contribution is -0.233. The minimum atomic E-state index is -0.986. The molecule has 1 spiro atoms. The fourth-order valence-corrected chi connectivity index (χ4v) is 5.60. The maximum atomic E-state index is 11.8. The molecule has 2 saturated heterocycles. The van der Waals surface area contributed by atoms with Crippen molar-refractivity contribution >= 4 is 11.9 Å². The quantitative estimate of drug-likeness (QED) is 0.454. The van der Waals surface area contributed by atoms with Gasteiger partial charge < -0.3 is 24.1 Å². The van der Waals surface area contributed by atoms with E-state index in [1.807, 2.05) is 13.8 Å². The summed E-state index contributed by atoms with van der Waals surface area (Å²) in [4.78, 5) is 23.4. The summed E-state index contributed by atoms with van der Waals surface area (Å²) in [5, 5.41) is 10.9. The number of carbonyl (C=O) groups is 2. The van der Waals surface area contributed by atoms with E-state index in [1.165, 1.54) is 19.4 Å². The summed E-state index contributed by atoms with van der Waals surface area (Å²) in [6.45, 7) is 7.31. The summed E-state index contributed by atoms with van der Waals surface area (Å²) in [6.07, 6.45) is 0.896. The second kappa shape index (κ2) is 5.53. The van der Waals surface area contributed by atoms with Gasteiger partial charge in [0.05, 0.1) is 18.1 Å². The van der Waals surface area contributed by atoms with E-state index < -0.39 is 40.7 Å². The zero-order valence-electron chi connectivity index (χ0n) is 15.6. The van der Waals surface area contributed by atoms with E-state index in [9.17, 15) is 14.7 Å². The number of carbonyl (C=O) groups excluding carboxylic acids is 2. The number of hydrogen-bond acceptors (Lipinski definition) is 7. The van der Waals surface area contributed by atoms with Crippen molar-refractivity contribution in [3.05, 3.63) is 11.6 Å². The Morgan fingerprint density at radius 1 is 1.35 bits per heavy atom. The molecule has 4 aliphatic rings. The first-order valence-corrected chi connectivity index (χ1v) is 9.13. The average Bonchev–Trinajstić information content (AvgIpc) is 3.34. The van der Waals surface area contributed by atoms with Crippen LogP contribution in [0.15, 0.2) is 11.6 Å². The Hall–Kier alpha value is -1.44. The molecule has 0 aromatic carbocycles. The summed E-state index contributed by atoms with van der Waals surface area (Å²) >= 11 is 0. The first-order chi connectivity index (χ1) is 12.2. The fraction of sp³-hybridized carbons (Fsp3) is 0.789. The lowest BCUT2D eigenvalue weighted by Gasteiger charge is -2.58. The van der Waals surface area contributed by atoms with Crippen molar-refractivity contribution in [1.82, 2.24) is 0 Å². The standard InChI is InChI=1S/C19H26O7/c1-10-5-6-18(8-23-11(2)20)13(7-10)26-16-14(22)15(25-12(3)21)17(18,4)19(16)9-24-19/h7,13-16,22H,5-6,8-9H2,1-4H3/t13-,14-,15-,16-,17-,18-,19?/m1/s1. The third-order valence-corrected chi connectivity index (χ3v) is 7.08. The minimum absolute atomic E-state index is 0.135. The first kappa shape index (κ1) is 17.9. The molecule has 0 aromatic heterocycles. The third-order valence-electron chi connectivity index (χ3n) is 7.08. The number of ether oxygens (including phenoxy) is 4. The molecule has 2 aliphatic heterocycles. The SMILES string of the molecule is CC(=O)OC[C@]12CCC(C)=C[C@H]1O[C@@H]1[C@H](O)[C@@H](OC(C)=O)[C@@]2(C)C12CO2. The number of aliphatic hydroxyl groups is 1. The van der Waals surface area contributed by atoms with Gasteiger partial charge in [-0.05, 0) is 19.8 Å². The van der Waals surface area contributed by atoms with Crippen LogP contribution in [-0.4, -0.2) is 60.3 Å². The molecule has 7 atom stereocenters. The van der Waals surface area contributed by atoms with Gasteiger partial charge in [0.2, 0.25) is 0 Å². The van der Waals surface area contributed by atoms with Gasteiger partial charge in [-0.2, -0.15) is 0 Å². The van der Waals surface area contributed by atoms with Gasteiger partial charge in [0, 0.05) is 19.3 Å². The van der Waals surface area contributed by atoms with Crippen LogP contribution in [0.2, 0.25) is 0 Å². The van der Waals surface area contributed by atoms with E-state index in [1.54, 1.807) is 0 Å². The van der Waals surface area contributed by atoms with Crippen molar-refractivity contribution in [2.24, 2.45) is 10.8 Å². The third kappa shape index (κ3) is 2.05. The second-order valence-corrected chi connectivity index (χ2v) is 8.33. The number of aliphatic hydroxyl groups excluding tert-OH is 1. The summed E-state index contributed by atoms with van der Waals surface area (Å²) in [5.74, 6) is -0.830. The lowest BCUT2D eigenvalue weighted by atomic mass is 9.51. The summed E-state index contributed by atoms with van der Waals surface area (Å²) in [7, 11) is 0. The van der Waals surface area contributed by atoms with Crippen LogP contribution < -0.4 is 0 Å². The molecule has 0 radical (unpaired) electrons. The number of fused-ring (bicyclic) bond motifs is 2. The maximum Gasteiger partial charge on any atom is 0.303 e. The predicted molar refractivity (Wildman–Crippen MR) is 89.1 cm³/mol. The smallest absolute Gasteiger partial charge is 0.303 e. The number of rotatable bonds is 3. The molecule has 0 aromatic rings. The molecule has 1 saturated carbocycles. The molecule has 1 N–H and O–H groups in total. The molecule has 144 valence electrons. The van der Waals surface area contributed by atoms with Crippen LogP contribution in [0, 0.1) is 10.8 Å². The zero-order valence-corrected chi connectivity index (χ0v) is 15.6. The fourth-order valence-electron chi connectivity index (χ4n) is 5.60. The molecular formula is C19H26O7. The molecule has 3 fully saturated rings. The van der Waals surface area contributed by atoms with Crippen molar-refractivity contribution in [1.29, 1.82) is 0 Å². The molecule has 2 bridgehead atoms. The van der Waals surface area contributed by atoms with Gasteiger partial charge >= 0.3 is 11.9 Å². The highest BCUT2D eigenvalue weighted by Gasteiger charge is 2.85. The van der Waals surface area contributed by atoms with Crippen LogP contribution in [-0.2, 0) is 28.5 Å². The molecule has 2 aliphatic carbocycles. The van der Waals surface area contributed by atoms with Crippen molar-refractivity contribution < 1.29 is 33.6 Å². The Bertz CT molecular complexity index is 681. The van der Waals surface area contributed by atoms with Crippen LogP contribution in [0.25, 0.3) is 0 Å².